The molecule has 1 rings (SSSR count). The molecule has 1 amide bonds. The zero-order chi connectivity index (χ0) is 67.2. The zero-order valence-corrected chi connectivity index (χ0v) is 61.2. The van der Waals surface area contributed by atoms with E-state index in [4.69, 9.17) is 14.2 Å². The molecule has 1 aliphatic heterocycles. The van der Waals surface area contributed by atoms with Gasteiger partial charge in [-0.25, -0.2) is 0 Å². The van der Waals surface area contributed by atoms with E-state index < -0.39 is 49.5 Å². The Morgan fingerprint density at radius 1 is 0.398 bits per heavy atom. The van der Waals surface area contributed by atoms with Gasteiger partial charge in [-0.3, -0.25) is 9.59 Å². The van der Waals surface area contributed by atoms with Gasteiger partial charge in [0.2, 0.25) is 5.91 Å². The van der Waals surface area contributed by atoms with E-state index in [0.717, 1.165) is 64.2 Å². The number of aliphatic hydroxyl groups is 5. The molecule has 0 aromatic rings. The Morgan fingerprint density at radius 2 is 0.720 bits per heavy atom. The summed E-state index contributed by atoms with van der Waals surface area (Å²) in [5.74, 6) is -0.169. The number of aliphatic hydroxyl groups excluding tert-OH is 5. The Bertz CT molecular complexity index is 1640. The summed E-state index contributed by atoms with van der Waals surface area (Å²) in [4.78, 5) is 25.2. The maximum atomic E-state index is 13.1. The first kappa shape index (κ1) is 88.9. The molecule has 0 bridgehead atoms. The molecule has 7 atom stereocenters. The second-order valence-electron chi connectivity index (χ2n) is 28.5. The molecule has 0 radical (unpaired) electrons. The Morgan fingerprint density at radius 3 is 1.11 bits per heavy atom. The van der Waals surface area contributed by atoms with Crippen LogP contribution < -0.4 is 5.32 Å². The maximum absolute atomic E-state index is 13.1. The highest BCUT2D eigenvalue weighted by molar-refractivity contribution is 5.76. The highest BCUT2D eigenvalue weighted by Gasteiger charge is 2.44. The van der Waals surface area contributed by atoms with Crippen molar-refractivity contribution in [2.24, 2.45) is 0 Å². The fourth-order valence-electron chi connectivity index (χ4n) is 13.1. The van der Waals surface area contributed by atoms with Gasteiger partial charge in [-0.2, -0.15) is 0 Å². The van der Waals surface area contributed by atoms with E-state index in [-0.39, 0.29) is 18.5 Å². The van der Waals surface area contributed by atoms with Gasteiger partial charge >= 0.3 is 5.97 Å². The van der Waals surface area contributed by atoms with Crippen molar-refractivity contribution in [2.45, 2.75) is 455 Å². The van der Waals surface area contributed by atoms with Crippen LogP contribution in [0.3, 0.4) is 0 Å². The molecule has 11 heteroatoms. The Labute approximate surface area is 574 Å². The number of carbonyl (C=O) groups is 2. The summed E-state index contributed by atoms with van der Waals surface area (Å²) < 4.78 is 16.8. The predicted molar refractivity (Wildman–Crippen MR) is 394 cm³/mol. The minimum Gasteiger partial charge on any atom is -0.466 e. The molecular formula is C82H155NO10. The van der Waals surface area contributed by atoms with E-state index in [1.54, 1.807) is 6.08 Å². The summed E-state index contributed by atoms with van der Waals surface area (Å²) in [6, 6.07) is -0.804. The lowest BCUT2D eigenvalue weighted by Crippen LogP contribution is -2.60. The van der Waals surface area contributed by atoms with Crippen molar-refractivity contribution in [2.75, 3.05) is 19.8 Å². The van der Waals surface area contributed by atoms with Crippen LogP contribution in [0.1, 0.15) is 412 Å². The molecule has 0 aromatic heterocycles. The fourth-order valence-corrected chi connectivity index (χ4v) is 13.1. The van der Waals surface area contributed by atoms with Crippen molar-refractivity contribution in [3.63, 3.8) is 0 Å². The standard InChI is InChI=1S/C82H155NO10/c1-3-5-7-9-11-13-15-16-42-46-50-54-58-62-66-70-78(87)91-71-67-63-59-55-51-47-44-41-39-37-35-33-31-29-27-25-23-21-19-17-18-20-22-24-26-28-30-32-34-36-38-40-43-45-49-53-57-61-65-69-77(86)83-74(73-92-82-81(90)80(89)79(88)76(72-84)93-82)75(85)68-64-60-56-52-48-14-12-10-8-6-4-2/h11,13,16,42,64,68,74-76,79-82,84-85,88-90H,3-10,12,14-15,17-41,43-63,65-67,69-73H2,1-2H3,(H,83,86)/b13-11-,42-16-,68-64+. The van der Waals surface area contributed by atoms with E-state index in [9.17, 15) is 35.1 Å². The van der Waals surface area contributed by atoms with Gasteiger partial charge in [0, 0.05) is 12.8 Å². The van der Waals surface area contributed by atoms with E-state index >= 15 is 0 Å². The monoisotopic (exact) mass is 1310 g/mol. The van der Waals surface area contributed by atoms with Crippen molar-refractivity contribution in [3.8, 4) is 0 Å². The third-order valence-corrected chi connectivity index (χ3v) is 19.5. The average Bonchev–Trinajstić information content (AvgIpc) is 1.20. The number of rotatable bonds is 73. The topological polar surface area (TPSA) is 175 Å². The van der Waals surface area contributed by atoms with Gasteiger partial charge in [-0.1, -0.05) is 371 Å². The first-order valence-corrected chi connectivity index (χ1v) is 40.8. The minimum absolute atomic E-state index is 0.00480. The molecule has 6 N–H and O–H groups in total. The van der Waals surface area contributed by atoms with Crippen LogP contribution in [0.15, 0.2) is 36.5 Å². The van der Waals surface area contributed by atoms with Gasteiger partial charge < -0.3 is 45.1 Å². The second-order valence-corrected chi connectivity index (χ2v) is 28.5. The average molecular weight is 1320 g/mol. The van der Waals surface area contributed by atoms with Crippen molar-refractivity contribution in [1.29, 1.82) is 0 Å². The molecule has 93 heavy (non-hydrogen) atoms. The molecule has 0 spiro atoms. The summed E-state index contributed by atoms with van der Waals surface area (Å²) >= 11 is 0. The number of esters is 1. The van der Waals surface area contributed by atoms with Gasteiger partial charge in [-0.15, -0.1) is 0 Å². The summed E-state index contributed by atoms with van der Waals surface area (Å²) in [6.07, 6.45) is 83.4. The number of allylic oxidation sites excluding steroid dienone is 5. The molecule has 0 aliphatic carbocycles. The van der Waals surface area contributed by atoms with Crippen LogP contribution in [-0.4, -0.2) is 100 Å². The number of amides is 1. The highest BCUT2D eigenvalue weighted by atomic mass is 16.7. The van der Waals surface area contributed by atoms with Crippen LogP contribution in [0.25, 0.3) is 0 Å². The quantitative estimate of drug-likeness (QED) is 0.0195. The smallest absolute Gasteiger partial charge is 0.305 e. The molecule has 0 aromatic carbocycles. The molecule has 548 valence electrons. The number of unbranched alkanes of at least 4 members (excludes halogenated alkanes) is 55. The number of ether oxygens (including phenoxy) is 3. The summed E-state index contributed by atoms with van der Waals surface area (Å²) in [7, 11) is 0. The molecule has 1 aliphatic rings. The van der Waals surface area contributed by atoms with E-state index in [2.05, 4.69) is 43.5 Å². The van der Waals surface area contributed by atoms with E-state index in [1.165, 1.54) is 321 Å². The Kier molecular flexibility index (Phi) is 68.0. The van der Waals surface area contributed by atoms with Gasteiger partial charge in [0.05, 0.1) is 32.0 Å². The number of carbonyl (C=O) groups excluding carboxylic acids is 2. The van der Waals surface area contributed by atoms with Crippen LogP contribution in [0.2, 0.25) is 0 Å². The van der Waals surface area contributed by atoms with E-state index in [0.29, 0.717) is 19.4 Å². The molecule has 11 nitrogen and oxygen atoms in total. The molecule has 7 unspecified atom stereocenters. The summed E-state index contributed by atoms with van der Waals surface area (Å²) in [5, 5.41) is 54.5. The number of nitrogens with one attached hydrogen (secondary N) is 1. The van der Waals surface area contributed by atoms with Gasteiger partial charge in [-0.05, 0) is 64.2 Å². The molecule has 1 heterocycles. The lowest BCUT2D eigenvalue weighted by atomic mass is 9.99. The Balaban J connectivity index is 1.85. The first-order chi connectivity index (χ1) is 45.7. The summed E-state index contributed by atoms with van der Waals surface area (Å²) in [5.41, 5.74) is 0. The third-order valence-electron chi connectivity index (χ3n) is 19.5. The van der Waals surface area contributed by atoms with Crippen LogP contribution in [0.5, 0.6) is 0 Å². The zero-order valence-electron chi connectivity index (χ0n) is 61.2. The molecule has 1 fully saturated rings. The van der Waals surface area contributed by atoms with Gasteiger partial charge in [0.15, 0.2) is 6.29 Å². The SMILES string of the molecule is CCCCC/C=C\C/C=C\CCCCCCCC(=O)OCCCCCCCCCCCCCCCCCCCCCCCCCCCCCCCCCCCCCCCCCC(=O)NC(COC1OC(CO)C(O)C(O)C1O)C(O)/C=C/CCCCCCCCCCC. The number of hydrogen-bond acceptors (Lipinski definition) is 10. The summed E-state index contributed by atoms with van der Waals surface area (Å²) in [6.45, 7) is 4.35. The van der Waals surface area contributed by atoms with Crippen LogP contribution in [0, 0.1) is 0 Å². The second kappa shape index (κ2) is 71.2. The molecule has 0 saturated carbocycles. The highest BCUT2D eigenvalue weighted by Crippen LogP contribution is 2.24. The van der Waals surface area contributed by atoms with Gasteiger partial charge in [0.25, 0.3) is 0 Å². The normalized spacial score (nSPS) is 17.6. The van der Waals surface area contributed by atoms with Crippen molar-refractivity contribution >= 4 is 11.9 Å². The predicted octanol–water partition coefficient (Wildman–Crippen LogP) is 22.1. The minimum atomic E-state index is -1.57. The maximum Gasteiger partial charge on any atom is 0.305 e. The third kappa shape index (κ3) is 59.6. The largest absolute Gasteiger partial charge is 0.466 e. The van der Waals surface area contributed by atoms with Crippen molar-refractivity contribution in [3.05, 3.63) is 36.5 Å². The van der Waals surface area contributed by atoms with Crippen molar-refractivity contribution < 1.29 is 49.3 Å². The first-order valence-electron chi connectivity index (χ1n) is 40.8. The van der Waals surface area contributed by atoms with Crippen molar-refractivity contribution in [1.82, 2.24) is 5.32 Å². The van der Waals surface area contributed by atoms with Crippen LogP contribution in [-0.2, 0) is 23.8 Å². The van der Waals surface area contributed by atoms with Gasteiger partial charge in [0.1, 0.15) is 24.4 Å². The number of hydrogen-bond donors (Lipinski definition) is 6. The van der Waals surface area contributed by atoms with E-state index in [1.807, 2.05) is 6.08 Å². The lowest BCUT2D eigenvalue weighted by molar-refractivity contribution is -0.302. The molecule has 1 saturated heterocycles. The lowest BCUT2D eigenvalue weighted by Gasteiger charge is -2.40. The van der Waals surface area contributed by atoms with Crippen LogP contribution >= 0.6 is 0 Å². The fraction of sp³-hybridized carbons (Fsp3) is 0.902. The van der Waals surface area contributed by atoms with Crippen LogP contribution in [0.4, 0.5) is 0 Å². The molecular weight excluding hydrogens is 1160 g/mol. The Hall–Kier alpha value is -2.12.